The van der Waals surface area contributed by atoms with Crippen LogP contribution >= 0.6 is 0 Å². The van der Waals surface area contributed by atoms with Crippen molar-refractivity contribution in [2.75, 3.05) is 0 Å². The number of hydrogen-bond acceptors (Lipinski definition) is 2. The molecule has 3 heteroatoms. The Hall–Kier alpha value is -1.09. The minimum absolute atomic E-state index is 0.101. The van der Waals surface area contributed by atoms with Crippen molar-refractivity contribution in [3.05, 3.63) is 23.3 Å². The number of carboxylic acid groups (broad SMARTS) is 1. The lowest BCUT2D eigenvalue weighted by atomic mass is 9.65. The first-order valence-electron chi connectivity index (χ1n) is 16.2. The molecule has 38 heavy (non-hydrogen) atoms. The third-order valence-electron chi connectivity index (χ3n) is 8.82. The normalized spacial score (nSPS) is 19.3. The maximum Gasteiger partial charge on any atom is 0.306 e. The summed E-state index contributed by atoms with van der Waals surface area (Å²) in [7, 11) is 0. The van der Waals surface area contributed by atoms with Gasteiger partial charge in [-0.25, -0.2) is 0 Å². The molecule has 0 saturated heterocycles. The predicted molar refractivity (Wildman–Crippen MR) is 165 cm³/mol. The first kappa shape index (κ1) is 34.9. The lowest BCUT2D eigenvalue weighted by Crippen LogP contribution is -2.44. The molecule has 0 aromatic rings. The summed E-state index contributed by atoms with van der Waals surface area (Å²) >= 11 is 0. The van der Waals surface area contributed by atoms with E-state index in [1.807, 2.05) is 12.2 Å². The van der Waals surface area contributed by atoms with Crippen molar-refractivity contribution in [1.29, 1.82) is 0 Å². The van der Waals surface area contributed by atoms with Gasteiger partial charge in [-0.2, -0.15) is 0 Å². The zero-order chi connectivity index (χ0) is 28.7. The van der Waals surface area contributed by atoms with E-state index in [1.54, 1.807) is 0 Å². The number of aliphatic carboxylic acids is 1. The van der Waals surface area contributed by atoms with Crippen LogP contribution in [0.1, 0.15) is 170 Å². The molecule has 0 aromatic heterocycles. The number of unbranched alkanes of at least 4 members (excludes halogenated alkanes) is 15. The molecular formula is C35H64O3. The van der Waals surface area contributed by atoms with Gasteiger partial charge in [0, 0.05) is 6.42 Å². The van der Waals surface area contributed by atoms with Crippen LogP contribution < -0.4 is 0 Å². The molecule has 2 unspecified atom stereocenters. The number of carbonyl (C=O) groups is 1. The van der Waals surface area contributed by atoms with Crippen LogP contribution in [0.4, 0.5) is 0 Å². The Labute approximate surface area is 237 Å². The second kappa shape index (κ2) is 17.6. The van der Waals surface area contributed by atoms with Gasteiger partial charge in [0.05, 0.1) is 11.5 Å². The quantitative estimate of drug-likeness (QED) is 0.153. The Kier molecular flexibility index (Phi) is 16.2. The van der Waals surface area contributed by atoms with Crippen LogP contribution in [-0.4, -0.2) is 21.8 Å². The van der Waals surface area contributed by atoms with Crippen molar-refractivity contribution < 1.29 is 15.0 Å². The van der Waals surface area contributed by atoms with Crippen molar-refractivity contribution in [1.82, 2.24) is 0 Å². The van der Waals surface area contributed by atoms with Gasteiger partial charge in [0.25, 0.3) is 0 Å². The second-order valence-corrected chi connectivity index (χ2v) is 14.3. The molecule has 0 spiro atoms. The van der Waals surface area contributed by atoms with E-state index in [0.29, 0.717) is 12.8 Å². The Morgan fingerprint density at radius 1 is 0.789 bits per heavy atom. The molecule has 0 aliphatic heterocycles. The maximum atomic E-state index is 12.1. The van der Waals surface area contributed by atoms with Crippen LogP contribution in [0, 0.1) is 16.7 Å². The average molecular weight is 533 g/mol. The standard InChI is InChI=1S/C35H64O3/c1-8-9-10-11-12-13-14-15-16-17-18-19-20-21-22-23-24-30(32(36)37)27-29-25-26-35(38,34(5,6)7)28-31(29)33(2,3)4/h25-26,30,38H,8-24,27-28H2,1-7H3,(H,36,37). The molecule has 222 valence electrons. The van der Waals surface area contributed by atoms with Crippen LogP contribution in [0.25, 0.3) is 0 Å². The Bertz CT molecular complexity index is 718. The Morgan fingerprint density at radius 2 is 1.21 bits per heavy atom. The topological polar surface area (TPSA) is 57.5 Å². The van der Waals surface area contributed by atoms with Crippen molar-refractivity contribution in [2.45, 2.75) is 176 Å². The summed E-state index contributed by atoms with van der Waals surface area (Å²) in [5.41, 5.74) is 1.05. The number of allylic oxidation sites excluding steroid dienone is 2. The molecule has 2 N–H and O–H groups in total. The number of hydrogen-bond donors (Lipinski definition) is 2. The summed E-state index contributed by atoms with van der Waals surface area (Å²) in [6, 6.07) is 0. The molecule has 0 aromatic carbocycles. The molecule has 0 heterocycles. The molecule has 3 nitrogen and oxygen atoms in total. The lowest BCUT2D eigenvalue weighted by Gasteiger charge is -2.44. The van der Waals surface area contributed by atoms with E-state index in [9.17, 15) is 15.0 Å². The van der Waals surface area contributed by atoms with Crippen molar-refractivity contribution in [2.24, 2.45) is 16.7 Å². The minimum atomic E-state index is -0.897. The van der Waals surface area contributed by atoms with Gasteiger partial charge in [-0.15, -0.1) is 0 Å². The summed E-state index contributed by atoms with van der Waals surface area (Å²) < 4.78 is 0. The zero-order valence-electron chi connectivity index (χ0n) is 26.5. The molecule has 0 saturated carbocycles. The van der Waals surface area contributed by atoms with Gasteiger partial charge < -0.3 is 10.2 Å². The van der Waals surface area contributed by atoms with Gasteiger partial charge in [0.1, 0.15) is 0 Å². The summed E-state index contributed by atoms with van der Waals surface area (Å²) in [5.74, 6) is -1.03. The molecule has 1 aliphatic rings. The zero-order valence-corrected chi connectivity index (χ0v) is 26.5. The van der Waals surface area contributed by atoms with E-state index >= 15 is 0 Å². The third-order valence-corrected chi connectivity index (χ3v) is 8.82. The fourth-order valence-corrected chi connectivity index (χ4v) is 5.75. The first-order chi connectivity index (χ1) is 17.8. The van der Waals surface area contributed by atoms with Crippen LogP contribution in [0.2, 0.25) is 0 Å². The van der Waals surface area contributed by atoms with Crippen LogP contribution in [0.5, 0.6) is 0 Å². The van der Waals surface area contributed by atoms with E-state index in [0.717, 1.165) is 24.8 Å². The average Bonchev–Trinajstić information content (AvgIpc) is 2.82. The van der Waals surface area contributed by atoms with Crippen molar-refractivity contribution in [3.8, 4) is 0 Å². The molecule has 0 bridgehead atoms. The number of rotatable bonds is 20. The van der Waals surface area contributed by atoms with Crippen LogP contribution in [-0.2, 0) is 4.79 Å². The van der Waals surface area contributed by atoms with Crippen LogP contribution in [0.15, 0.2) is 23.3 Å². The first-order valence-corrected chi connectivity index (χ1v) is 16.2. The van der Waals surface area contributed by atoms with Gasteiger partial charge in [-0.05, 0) is 29.2 Å². The van der Waals surface area contributed by atoms with Gasteiger partial charge in [-0.1, -0.05) is 169 Å². The summed E-state index contributed by atoms with van der Waals surface area (Å²) in [6.45, 7) is 15.0. The van der Waals surface area contributed by atoms with E-state index in [1.165, 1.54) is 95.5 Å². The predicted octanol–water partition coefficient (Wildman–Crippen LogP) is 10.8. The number of carboxylic acids is 1. The summed E-state index contributed by atoms with van der Waals surface area (Å²) in [4.78, 5) is 12.1. The third kappa shape index (κ3) is 13.3. The summed E-state index contributed by atoms with van der Waals surface area (Å²) in [6.07, 6.45) is 27.2. The molecule has 1 aliphatic carbocycles. The van der Waals surface area contributed by atoms with Crippen molar-refractivity contribution in [3.63, 3.8) is 0 Å². The van der Waals surface area contributed by atoms with Gasteiger partial charge in [-0.3, -0.25) is 4.79 Å². The molecule has 0 fully saturated rings. The highest BCUT2D eigenvalue weighted by Gasteiger charge is 2.42. The second-order valence-electron chi connectivity index (χ2n) is 14.3. The highest BCUT2D eigenvalue weighted by Crippen LogP contribution is 2.46. The fraction of sp³-hybridized carbons (Fsp3) is 0.857. The van der Waals surface area contributed by atoms with Gasteiger partial charge in [0.2, 0.25) is 0 Å². The number of aliphatic hydroxyl groups is 1. The maximum absolute atomic E-state index is 12.1. The highest BCUT2D eigenvalue weighted by atomic mass is 16.4. The van der Waals surface area contributed by atoms with Crippen LogP contribution in [0.3, 0.4) is 0 Å². The summed E-state index contributed by atoms with van der Waals surface area (Å²) in [5, 5.41) is 21.3. The smallest absolute Gasteiger partial charge is 0.306 e. The SMILES string of the molecule is CCCCCCCCCCCCCCCCCCC(CC1=C(C(C)(C)C)CC(O)(C(C)(C)C)C=C1)C(=O)O. The highest BCUT2D eigenvalue weighted by molar-refractivity contribution is 5.70. The monoisotopic (exact) mass is 532 g/mol. The Morgan fingerprint density at radius 3 is 1.58 bits per heavy atom. The lowest BCUT2D eigenvalue weighted by molar-refractivity contribution is -0.142. The minimum Gasteiger partial charge on any atom is -0.481 e. The van der Waals surface area contributed by atoms with Crippen molar-refractivity contribution >= 4 is 5.97 Å². The van der Waals surface area contributed by atoms with Gasteiger partial charge >= 0.3 is 5.97 Å². The van der Waals surface area contributed by atoms with Gasteiger partial charge in [0.15, 0.2) is 0 Å². The molecule has 1 rings (SSSR count). The molecule has 0 amide bonds. The van der Waals surface area contributed by atoms with E-state index in [4.69, 9.17) is 0 Å². The molecular weight excluding hydrogens is 468 g/mol. The van der Waals surface area contributed by atoms with E-state index in [-0.39, 0.29) is 16.7 Å². The molecule has 2 atom stereocenters. The fourth-order valence-electron chi connectivity index (χ4n) is 5.75. The molecule has 0 radical (unpaired) electrons. The van der Waals surface area contributed by atoms with E-state index in [2.05, 4.69) is 48.5 Å². The van der Waals surface area contributed by atoms with E-state index < -0.39 is 11.6 Å². The Balaban J connectivity index is 2.32. The largest absolute Gasteiger partial charge is 0.481 e.